The van der Waals surface area contributed by atoms with Crippen molar-refractivity contribution in [2.75, 3.05) is 17.6 Å². The van der Waals surface area contributed by atoms with Crippen LogP contribution in [-0.4, -0.2) is 51.6 Å². The standard InChI is InChI=1S/C18H27N5O3S/c1-4-5-7-15(23-10-6-11-27(23,25)26)18(24)19-14-8-9-16-20-21-17(13(2)3)22(16)12-14/h8-9,12-13,15H,4-7,10-11H2,1-3H3,(H,19,24). The Morgan fingerprint density at radius 1 is 1.30 bits per heavy atom. The van der Waals surface area contributed by atoms with Crippen molar-refractivity contribution >= 4 is 27.3 Å². The van der Waals surface area contributed by atoms with Crippen LogP contribution < -0.4 is 5.32 Å². The van der Waals surface area contributed by atoms with Crippen molar-refractivity contribution in [2.45, 2.75) is 58.4 Å². The average molecular weight is 394 g/mol. The molecule has 9 heteroatoms. The fourth-order valence-electron chi connectivity index (χ4n) is 3.41. The van der Waals surface area contributed by atoms with E-state index >= 15 is 0 Å². The highest BCUT2D eigenvalue weighted by atomic mass is 32.2. The lowest BCUT2D eigenvalue weighted by Gasteiger charge is -2.25. The van der Waals surface area contributed by atoms with Crippen LogP contribution >= 0.6 is 0 Å². The Morgan fingerprint density at radius 2 is 2.07 bits per heavy atom. The van der Waals surface area contributed by atoms with E-state index in [0.29, 0.717) is 30.7 Å². The van der Waals surface area contributed by atoms with E-state index in [2.05, 4.69) is 15.5 Å². The van der Waals surface area contributed by atoms with Gasteiger partial charge in [-0.25, -0.2) is 8.42 Å². The summed E-state index contributed by atoms with van der Waals surface area (Å²) < 4.78 is 27.8. The second-order valence-electron chi connectivity index (χ2n) is 7.29. The van der Waals surface area contributed by atoms with Gasteiger partial charge in [0.2, 0.25) is 15.9 Å². The number of amides is 1. The molecule has 1 fully saturated rings. The Bertz CT molecular complexity index is 922. The molecule has 148 valence electrons. The molecule has 2 aromatic heterocycles. The molecule has 1 N–H and O–H groups in total. The highest BCUT2D eigenvalue weighted by Gasteiger charge is 2.37. The number of fused-ring (bicyclic) bond motifs is 1. The largest absolute Gasteiger partial charge is 0.323 e. The number of carbonyl (C=O) groups is 1. The predicted octanol–water partition coefficient (Wildman–Crippen LogP) is 2.39. The Hall–Kier alpha value is -2.00. The van der Waals surface area contributed by atoms with Gasteiger partial charge in [-0.1, -0.05) is 33.6 Å². The Labute approximate surface area is 160 Å². The number of unbranched alkanes of at least 4 members (excludes halogenated alkanes) is 1. The van der Waals surface area contributed by atoms with Gasteiger partial charge in [-0.15, -0.1) is 10.2 Å². The molecule has 8 nitrogen and oxygen atoms in total. The van der Waals surface area contributed by atoms with E-state index in [0.717, 1.165) is 18.7 Å². The van der Waals surface area contributed by atoms with E-state index in [1.807, 2.05) is 25.2 Å². The molecule has 0 bridgehead atoms. The molecule has 3 rings (SSSR count). The molecule has 1 unspecified atom stereocenters. The molecule has 0 aliphatic carbocycles. The molecule has 1 amide bonds. The van der Waals surface area contributed by atoms with Crippen LogP contribution in [0.25, 0.3) is 5.65 Å². The minimum Gasteiger partial charge on any atom is -0.323 e. The van der Waals surface area contributed by atoms with Crippen molar-refractivity contribution in [2.24, 2.45) is 0 Å². The summed E-state index contributed by atoms with van der Waals surface area (Å²) in [5.41, 5.74) is 1.31. The predicted molar refractivity (Wildman–Crippen MR) is 104 cm³/mol. The van der Waals surface area contributed by atoms with Crippen molar-refractivity contribution in [3.8, 4) is 0 Å². The Morgan fingerprint density at radius 3 is 2.70 bits per heavy atom. The van der Waals surface area contributed by atoms with Gasteiger partial charge in [0.1, 0.15) is 11.9 Å². The van der Waals surface area contributed by atoms with Crippen LogP contribution in [0.2, 0.25) is 0 Å². The van der Waals surface area contributed by atoms with Gasteiger partial charge in [-0.2, -0.15) is 4.31 Å². The summed E-state index contributed by atoms with van der Waals surface area (Å²) in [6, 6.07) is 2.89. The SMILES string of the molecule is CCCCC(C(=O)Nc1ccc2nnc(C(C)C)n2c1)N1CCCS1(=O)=O. The molecule has 0 radical (unpaired) electrons. The lowest BCUT2D eigenvalue weighted by atomic mass is 10.1. The molecule has 0 aromatic carbocycles. The van der Waals surface area contributed by atoms with Crippen LogP contribution in [-0.2, 0) is 14.8 Å². The lowest BCUT2D eigenvalue weighted by Crippen LogP contribution is -2.45. The summed E-state index contributed by atoms with van der Waals surface area (Å²) in [5, 5.41) is 11.2. The fourth-order valence-corrected chi connectivity index (χ4v) is 5.14. The van der Waals surface area contributed by atoms with E-state index in [1.165, 1.54) is 4.31 Å². The zero-order chi connectivity index (χ0) is 19.6. The van der Waals surface area contributed by atoms with Gasteiger partial charge >= 0.3 is 0 Å². The summed E-state index contributed by atoms with van der Waals surface area (Å²) in [6.07, 6.45) is 4.59. The van der Waals surface area contributed by atoms with E-state index in [4.69, 9.17) is 0 Å². The molecule has 1 atom stereocenters. The maximum atomic E-state index is 12.9. The second-order valence-corrected chi connectivity index (χ2v) is 9.33. The molecule has 0 spiro atoms. The number of nitrogens with one attached hydrogen (secondary N) is 1. The third kappa shape index (κ3) is 4.14. The van der Waals surface area contributed by atoms with Crippen LogP contribution in [0.15, 0.2) is 18.3 Å². The molecule has 2 aromatic rings. The first-order valence-corrected chi connectivity index (χ1v) is 11.1. The molecule has 1 aliphatic rings. The van der Waals surface area contributed by atoms with Gasteiger partial charge in [-0.3, -0.25) is 9.20 Å². The van der Waals surface area contributed by atoms with Crippen molar-refractivity contribution in [3.05, 3.63) is 24.2 Å². The zero-order valence-corrected chi connectivity index (χ0v) is 16.9. The van der Waals surface area contributed by atoms with Crippen molar-refractivity contribution in [1.29, 1.82) is 0 Å². The quantitative estimate of drug-likeness (QED) is 0.779. The number of nitrogens with zero attached hydrogens (tertiary/aromatic N) is 4. The third-order valence-electron chi connectivity index (χ3n) is 4.83. The first kappa shape index (κ1) is 19.8. The molecular weight excluding hydrogens is 366 g/mol. The van der Waals surface area contributed by atoms with Crippen LogP contribution in [0.1, 0.15) is 58.2 Å². The van der Waals surface area contributed by atoms with Gasteiger partial charge in [0.05, 0.1) is 11.4 Å². The van der Waals surface area contributed by atoms with Crippen LogP contribution in [0.5, 0.6) is 0 Å². The molecule has 1 saturated heterocycles. The van der Waals surface area contributed by atoms with E-state index in [9.17, 15) is 13.2 Å². The summed E-state index contributed by atoms with van der Waals surface area (Å²) >= 11 is 0. The number of hydrogen-bond acceptors (Lipinski definition) is 5. The van der Waals surface area contributed by atoms with Crippen molar-refractivity contribution in [3.63, 3.8) is 0 Å². The molecule has 27 heavy (non-hydrogen) atoms. The summed E-state index contributed by atoms with van der Waals surface area (Å²) in [7, 11) is -3.35. The fraction of sp³-hybridized carbons (Fsp3) is 0.611. The van der Waals surface area contributed by atoms with Crippen LogP contribution in [0, 0.1) is 0 Å². The Kier molecular flexibility index (Phi) is 5.81. The number of aromatic nitrogens is 3. The summed E-state index contributed by atoms with van der Waals surface area (Å²) in [6.45, 7) is 6.49. The summed E-state index contributed by atoms with van der Waals surface area (Å²) in [4.78, 5) is 12.9. The molecule has 3 heterocycles. The average Bonchev–Trinajstić information content (AvgIpc) is 3.18. The number of sulfonamides is 1. The maximum absolute atomic E-state index is 12.9. The Balaban J connectivity index is 1.84. The smallest absolute Gasteiger partial charge is 0.242 e. The monoisotopic (exact) mass is 393 g/mol. The number of rotatable bonds is 7. The van der Waals surface area contributed by atoms with Crippen molar-refractivity contribution < 1.29 is 13.2 Å². The molecule has 0 saturated carbocycles. The number of carbonyl (C=O) groups excluding carboxylic acids is 1. The second kappa shape index (κ2) is 7.93. The lowest BCUT2D eigenvalue weighted by molar-refractivity contribution is -0.119. The van der Waals surface area contributed by atoms with E-state index in [1.54, 1.807) is 18.3 Å². The first-order chi connectivity index (χ1) is 12.8. The highest BCUT2D eigenvalue weighted by molar-refractivity contribution is 7.89. The van der Waals surface area contributed by atoms with Crippen LogP contribution in [0.4, 0.5) is 5.69 Å². The van der Waals surface area contributed by atoms with E-state index < -0.39 is 16.1 Å². The summed E-state index contributed by atoms with van der Waals surface area (Å²) in [5.74, 6) is 0.837. The van der Waals surface area contributed by atoms with E-state index in [-0.39, 0.29) is 17.6 Å². The van der Waals surface area contributed by atoms with Gasteiger partial charge in [0, 0.05) is 18.7 Å². The minimum absolute atomic E-state index is 0.118. The maximum Gasteiger partial charge on any atom is 0.242 e. The number of hydrogen-bond donors (Lipinski definition) is 1. The van der Waals surface area contributed by atoms with Gasteiger partial charge in [0.15, 0.2) is 5.65 Å². The molecular formula is C18H27N5O3S. The van der Waals surface area contributed by atoms with Gasteiger partial charge in [0.25, 0.3) is 0 Å². The van der Waals surface area contributed by atoms with Gasteiger partial charge < -0.3 is 5.32 Å². The van der Waals surface area contributed by atoms with Gasteiger partial charge in [-0.05, 0) is 25.0 Å². The molecule has 1 aliphatic heterocycles. The zero-order valence-electron chi connectivity index (χ0n) is 16.1. The topological polar surface area (TPSA) is 96.7 Å². The van der Waals surface area contributed by atoms with Crippen molar-refractivity contribution in [1.82, 2.24) is 18.9 Å². The van der Waals surface area contributed by atoms with Crippen LogP contribution in [0.3, 0.4) is 0 Å². The number of pyridine rings is 1. The highest BCUT2D eigenvalue weighted by Crippen LogP contribution is 2.23. The minimum atomic E-state index is -3.35. The first-order valence-electron chi connectivity index (χ1n) is 9.48. The third-order valence-corrected chi connectivity index (χ3v) is 6.79. The number of anilines is 1. The normalized spacial score (nSPS) is 18.2.